The van der Waals surface area contributed by atoms with E-state index in [4.69, 9.17) is 0 Å². The number of ketones is 1. The van der Waals surface area contributed by atoms with Crippen LogP contribution in [0.3, 0.4) is 0 Å². The van der Waals surface area contributed by atoms with Crippen molar-refractivity contribution in [3.05, 3.63) is 35.9 Å². The van der Waals surface area contributed by atoms with Gasteiger partial charge < -0.3 is 0 Å². The van der Waals surface area contributed by atoms with Crippen LogP contribution in [0.15, 0.2) is 30.3 Å². The Hall–Kier alpha value is -0.960. The Labute approximate surface area is 98.5 Å². The van der Waals surface area contributed by atoms with Gasteiger partial charge in [-0.1, -0.05) is 43.2 Å². The Morgan fingerprint density at radius 2 is 1.81 bits per heavy atom. The Kier molecular flexibility index (Phi) is 3.88. The third-order valence-corrected chi connectivity index (χ3v) is 4.80. The molecule has 1 aromatic carbocycles. The smallest absolute Gasteiger partial charge is 0.175 e. The Balaban J connectivity index is 1.94. The van der Waals surface area contributed by atoms with E-state index in [1.165, 1.54) is 0 Å². The van der Waals surface area contributed by atoms with Crippen molar-refractivity contribution in [2.45, 2.75) is 30.9 Å². The van der Waals surface area contributed by atoms with Crippen molar-refractivity contribution in [2.24, 2.45) is 0 Å². The normalized spacial score (nSPS) is 18.5. The monoisotopic (exact) mass is 236 g/mol. The first-order valence-electron chi connectivity index (χ1n) is 5.73. The Morgan fingerprint density at radius 3 is 2.44 bits per heavy atom. The van der Waals surface area contributed by atoms with Gasteiger partial charge in [-0.05, 0) is 12.8 Å². The summed E-state index contributed by atoms with van der Waals surface area (Å²) >= 11 is 0. The van der Waals surface area contributed by atoms with E-state index in [-0.39, 0.29) is 16.8 Å². The van der Waals surface area contributed by atoms with E-state index in [2.05, 4.69) is 0 Å². The maximum atomic E-state index is 11.9. The molecule has 0 aliphatic heterocycles. The SMILES string of the molecule is O=C(CS(=O)C1CCCC1)c1ccccc1. The minimum atomic E-state index is -0.975. The fourth-order valence-electron chi connectivity index (χ4n) is 2.11. The van der Waals surface area contributed by atoms with Gasteiger partial charge in [0.1, 0.15) is 0 Å². The number of hydrogen-bond acceptors (Lipinski definition) is 2. The fourth-order valence-corrected chi connectivity index (χ4v) is 3.63. The fraction of sp³-hybridized carbons (Fsp3) is 0.462. The summed E-state index contributed by atoms with van der Waals surface area (Å²) in [4.78, 5) is 11.8. The topological polar surface area (TPSA) is 34.1 Å². The van der Waals surface area contributed by atoms with Crippen LogP contribution in [0.1, 0.15) is 36.0 Å². The molecule has 0 bridgehead atoms. The highest BCUT2D eigenvalue weighted by molar-refractivity contribution is 7.86. The molecule has 16 heavy (non-hydrogen) atoms. The predicted molar refractivity (Wildman–Crippen MR) is 66.0 cm³/mol. The van der Waals surface area contributed by atoms with E-state index in [1.54, 1.807) is 12.1 Å². The molecule has 0 aromatic heterocycles. The van der Waals surface area contributed by atoms with Gasteiger partial charge in [0.25, 0.3) is 0 Å². The van der Waals surface area contributed by atoms with Gasteiger partial charge in [0, 0.05) is 21.6 Å². The summed E-state index contributed by atoms with van der Waals surface area (Å²) in [5.41, 5.74) is 0.675. The minimum absolute atomic E-state index is 0.00540. The van der Waals surface area contributed by atoms with Gasteiger partial charge in [0.15, 0.2) is 5.78 Å². The van der Waals surface area contributed by atoms with E-state index in [0.717, 1.165) is 25.7 Å². The van der Waals surface area contributed by atoms with E-state index in [0.29, 0.717) is 5.56 Å². The van der Waals surface area contributed by atoms with Crippen LogP contribution in [-0.2, 0) is 10.8 Å². The van der Waals surface area contributed by atoms with Gasteiger partial charge in [-0.15, -0.1) is 0 Å². The van der Waals surface area contributed by atoms with Crippen molar-refractivity contribution in [2.75, 3.05) is 5.75 Å². The average molecular weight is 236 g/mol. The van der Waals surface area contributed by atoms with Crippen molar-refractivity contribution in [3.8, 4) is 0 Å². The number of carbonyl (C=O) groups is 1. The van der Waals surface area contributed by atoms with Gasteiger partial charge in [0.2, 0.25) is 0 Å². The van der Waals surface area contributed by atoms with Gasteiger partial charge >= 0.3 is 0 Å². The van der Waals surface area contributed by atoms with Crippen molar-refractivity contribution >= 4 is 16.6 Å². The zero-order chi connectivity index (χ0) is 11.4. The van der Waals surface area contributed by atoms with Gasteiger partial charge in [-0.2, -0.15) is 0 Å². The lowest BCUT2D eigenvalue weighted by Gasteiger charge is -2.08. The van der Waals surface area contributed by atoms with Crippen molar-refractivity contribution in [3.63, 3.8) is 0 Å². The summed E-state index contributed by atoms with van der Waals surface area (Å²) < 4.78 is 11.9. The maximum absolute atomic E-state index is 11.9. The molecule has 0 amide bonds. The number of carbonyl (C=O) groups excluding carboxylic acids is 1. The second-order valence-electron chi connectivity index (χ2n) is 4.22. The number of benzene rings is 1. The molecule has 1 atom stereocenters. The molecule has 0 spiro atoms. The first-order chi connectivity index (χ1) is 7.77. The highest BCUT2D eigenvalue weighted by Gasteiger charge is 2.23. The predicted octanol–water partition coefficient (Wildman–Crippen LogP) is 2.56. The van der Waals surface area contributed by atoms with E-state index < -0.39 is 10.8 Å². The molecule has 1 unspecified atom stereocenters. The quantitative estimate of drug-likeness (QED) is 0.753. The second kappa shape index (κ2) is 5.39. The van der Waals surface area contributed by atoms with Gasteiger partial charge in [-0.3, -0.25) is 9.00 Å². The zero-order valence-corrected chi connectivity index (χ0v) is 10.0. The van der Waals surface area contributed by atoms with Crippen molar-refractivity contribution in [1.82, 2.24) is 0 Å². The summed E-state index contributed by atoms with van der Waals surface area (Å²) in [7, 11) is -0.975. The molecule has 1 saturated carbocycles. The van der Waals surface area contributed by atoms with Crippen LogP contribution in [0.4, 0.5) is 0 Å². The standard InChI is InChI=1S/C13H16O2S/c14-13(11-6-2-1-3-7-11)10-16(15)12-8-4-5-9-12/h1-3,6-7,12H,4-5,8-10H2. The minimum Gasteiger partial charge on any atom is -0.293 e. The molecule has 1 aromatic rings. The summed E-state index contributed by atoms with van der Waals surface area (Å²) in [6.07, 6.45) is 4.37. The number of Topliss-reactive ketones (excluding diaryl/α,β-unsaturated/α-hetero) is 1. The highest BCUT2D eigenvalue weighted by Crippen LogP contribution is 2.23. The molecule has 1 aliphatic rings. The maximum Gasteiger partial charge on any atom is 0.175 e. The molecular formula is C13H16O2S. The third kappa shape index (κ3) is 2.79. The third-order valence-electron chi connectivity index (χ3n) is 3.04. The molecule has 0 saturated heterocycles. The lowest BCUT2D eigenvalue weighted by molar-refractivity contribution is 0.102. The number of rotatable bonds is 4. The van der Waals surface area contributed by atoms with E-state index in [1.807, 2.05) is 18.2 Å². The average Bonchev–Trinajstić information content (AvgIpc) is 2.83. The summed E-state index contributed by atoms with van der Waals surface area (Å²) in [5, 5.41) is 0.257. The van der Waals surface area contributed by atoms with Crippen LogP contribution in [0, 0.1) is 0 Å². The molecule has 0 heterocycles. The van der Waals surface area contributed by atoms with Crippen LogP contribution in [0.2, 0.25) is 0 Å². The number of hydrogen-bond donors (Lipinski definition) is 0. The van der Waals surface area contributed by atoms with Crippen LogP contribution < -0.4 is 0 Å². The zero-order valence-electron chi connectivity index (χ0n) is 9.22. The molecule has 1 fully saturated rings. The van der Waals surface area contributed by atoms with Crippen LogP contribution in [-0.4, -0.2) is 21.0 Å². The summed E-state index contributed by atoms with van der Waals surface area (Å²) in [6.45, 7) is 0. The summed E-state index contributed by atoms with van der Waals surface area (Å²) in [5.74, 6) is 0.195. The first-order valence-corrected chi connectivity index (χ1v) is 7.11. The second-order valence-corrected chi connectivity index (χ2v) is 5.94. The largest absolute Gasteiger partial charge is 0.293 e. The molecule has 0 N–H and O–H groups in total. The Bertz CT molecular complexity index is 380. The van der Waals surface area contributed by atoms with Crippen LogP contribution in [0.5, 0.6) is 0 Å². The van der Waals surface area contributed by atoms with Gasteiger partial charge in [0.05, 0.1) is 5.75 Å². The van der Waals surface area contributed by atoms with Crippen molar-refractivity contribution < 1.29 is 9.00 Å². The molecule has 86 valence electrons. The molecular weight excluding hydrogens is 220 g/mol. The van der Waals surface area contributed by atoms with E-state index in [9.17, 15) is 9.00 Å². The van der Waals surface area contributed by atoms with E-state index >= 15 is 0 Å². The van der Waals surface area contributed by atoms with Crippen molar-refractivity contribution in [1.29, 1.82) is 0 Å². The van der Waals surface area contributed by atoms with Gasteiger partial charge in [-0.25, -0.2) is 0 Å². The molecule has 2 rings (SSSR count). The lowest BCUT2D eigenvalue weighted by atomic mass is 10.2. The first kappa shape index (κ1) is 11.5. The molecule has 0 radical (unpaired) electrons. The van der Waals surface area contributed by atoms with Crippen LogP contribution in [0.25, 0.3) is 0 Å². The molecule has 2 nitrogen and oxygen atoms in total. The molecule has 3 heteroatoms. The lowest BCUT2D eigenvalue weighted by Crippen LogP contribution is -2.19. The van der Waals surface area contributed by atoms with Crippen LogP contribution >= 0.6 is 0 Å². The highest BCUT2D eigenvalue weighted by atomic mass is 32.2. The molecule has 1 aliphatic carbocycles. The summed E-state index contributed by atoms with van der Waals surface area (Å²) in [6, 6.07) is 9.13. The Morgan fingerprint density at radius 1 is 1.19 bits per heavy atom.